The van der Waals surface area contributed by atoms with Gasteiger partial charge in [0.25, 0.3) is 0 Å². The number of carboxylic acids is 1. The van der Waals surface area contributed by atoms with E-state index in [0.29, 0.717) is 29.9 Å². The van der Waals surface area contributed by atoms with E-state index in [1.807, 2.05) is 0 Å². The number of hydrogen-bond acceptors (Lipinski definition) is 3. The van der Waals surface area contributed by atoms with E-state index < -0.39 is 18.7 Å². The van der Waals surface area contributed by atoms with E-state index in [1.54, 1.807) is 14.0 Å². The summed E-state index contributed by atoms with van der Waals surface area (Å²) in [5, 5.41) is 12.8. The van der Waals surface area contributed by atoms with Crippen LogP contribution in [0.2, 0.25) is 0 Å². The van der Waals surface area contributed by atoms with Gasteiger partial charge in [-0.15, -0.1) is 0 Å². The average Bonchev–Trinajstić information content (AvgIpc) is 3.10. The lowest BCUT2D eigenvalue weighted by atomic mass is 10.2. The second-order valence-corrected chi connectivity index (χ2v) is 5.09. The number of carboxylic acid groups (broad SMARTS) is 1. The highest BCUT2D eigenvalue weighted by Gasteiger charge is 2.40. The zero-order valence-corrected chi connectivity index (χ0v) is 11.7. The van der Waals surface area contributed by atoms with Crippen LogP contribution >= 0.6 is 0 Å². The fraction of sp³-hybridized carbons (Fsp3) is 0.538. The number of halogens is 3. The molecule has 5 nitrogen and oxygen atoms in total. The number of aromatic nitrogens is 2. The first-order valence-corrected chi connectivity index (χ1v) is 6.47. The van der Waals surface area contributed by atoms with Crippen LogP contribution in [0.5, 0.6) is 0 Å². The number of rotatable bonds is 5. The molecule has 0 amide bonds. The molecular formula is C13H16F3N3O2. The fourth-order valence-electron chi connectivity index (χ4n) is 2.31. The van der Waals surface area contributed by atoms with Gasteiger partial charge in [0.1, 0.15) is 12.4 Å². The highest BCUT2D eigenvalue weighted by molar-refractivity contribution is 5.87. The fourth-order valence-corrected chi connectivity index (χ4v) is 2.31. The Morgan fingerprint density at radius 2 is 2.14 bits per heavy atom. The number of carbonyl (C=O) groups is 1. The van der Waals surface area contributed by atoms with Crippen LogP contribution in [-0.2, 0) is 11.8 Å². The number of alkyl halides is 3. The molecule has 1 aromatic heterocycles. The van der Waals surface area contributed by atoms with Crippen LogP contribution in [0.1, 0.15) is 24.1 Å². The molecular weight excluding hydrogens is 287 g/mol. The van der Waals surface area contributed by atoms with E-state index in [9.17, 15) is 18.0 Å². The zero-order valence-electron chi connectivity index (χ0n) is 11.7. The summed E-state index contributed by atoms with van der Waals surface area (Å²) in [6, 6.07) is -0.168. The molecule has 1 N–H and O–H groups in total. The number of aryl methyl sites for hydroxylation is 2. The van der Waals surface area contributed by atoms with E-state index in [4.69, 9.17) is 5.11 Å². The van der Waals surface area contributed by atoms with Crippen LogP contribution in [0.3, 0.4) is 0 Å². The molecule has 0 spiro atoms. The van der Waals surface area contributed by atoms with Crippen LogP contribution in [-0.4, -0.2) is 39.6 Å². The highest BCUT2D eigenvalue weighted by atomic mass is 19.4. The Morgan fingerprint density at radius 1 is 1.52 bits per heavy atom. The van der Waals surface area contributed by atoms with Gasteiger partial charge in [-0.25, -0.2) is 4.79 Å². The Bertz CT molecular complexity index is 574. The summed E-state index contributed by atoms with van der Waals surface area (Å²) < 4.78 is 39.7. The largest absolute Gasteiger partial charge is 0.478 e. The maximum Gasteiger partial charge on any atom is 0.405 e. The van der Waals surface area contributed by atoms with E-state index >= 15 is 0 Å². The molecule has 2 rings (SSSR count). The molecule has 8 heteroatoms. The molecule has 1 aliphatic rings. The van der Waals surface area contributed by atoms with Gasteiger partial charge < -0.3 is 10.0 Å². The Kier molecular flexibility index (Phi) is 3.97. The molecule has 1 heterocycles. The van der Waals surface area contributed by atoms with Gasteiger partial charge in [-0.05, 0) is 25.8 Å². The topological polar surface area (TPSA) is 58.4 Å². The lowest BCUT2D eigenvalue weighted by Gasteiger charge is -2.26. The van der Waals surface area contributed by atoms with Crippen LogP contribution in [0.25, 0.3) is 6.08 Å². The molecule has 1 saturated carbocycles. The van der Waals surface area contributed by atoms with Crippen molar-refractivity contribution in [3.05, 3.63) is 17.3 Å². The summed E-state index contributed by atoms with van der Waals surface area (Å²) in [6.07, 6.45) is -0.725. The Labute approximate surface area is 119 Å². The summed E-state index contributed by atoms with van der Waals surface area (Å²) in [5.74, 6) is -0.845. The molecule has 0 radical (unpaired) electrons. The molecule has 0 aromatic carbocycles. The predicted molar refractivity (Wildman–Crippen MR) is 71.0 cm³/mol. The van der Waals surface area contributed by atoms with E-state index in [0.717, 1.165) is 6.08 Å². The van der Waals surface area contributed by atoms with Gasteiger partial charge in [0.2, 0.25) is 0 Å². The van der Waals surface area contributed by atoms with Gasteiger partial charge in [-0.3, -0.25) is 4.68 Å². The summed E-state index contributed by atoms with van der Waals surface area (Å²) in [5.41, 5.74) is 0.911. The van der Waals surface area contributed by atoms with Gasteiger partial charge in [0.15, 0.2) is 0 Å². The normalized spacial score (nSPS) is 15.7. The summed E-state index contributed by atoms with van der Waals surface area (Å²) in [4.78, 5) is 11.9. The Morgan fingerprint density at radius 3 is 2.62 bits per heavy atom. The van der Waals surface area contributed by atoms with Crippen molar-refractivity contribution in [3.63, 3.8) is 0 Å². The molecule has 116 valence electrons. The molecule has 0 saturated heterocycles. The third-order valence-electron chi connectivity index (χ3n) is 3.24. The standard InChI is InChI=1S/C13H16F3N3O2/c1-8-10(5-6-11(20)21)12(18(2)17-8)19(9-3-4-9)7-13(14,15)16/h5-6,9H,3-4,7H2,1-2H3,(H,20,21). The number of hydrogen-bond donors (Lipinski definition) is 1. The van der Waals surface area contributed by atoms with Crippen molar-refractivity contribution in [2.75, 3.05) is 11.4 Å². The van der Waals surface area contributed by atoms with Gasteiger partial charge in [0, 0.05) is 24.7 Å². The maximum atomic E-state index is 12.8. The zero-order chi connectivity index (χ0) is 15.8. The second-order valence-electron chi connectivity index (χ2n) is 5.09. The number of anilines is 1. The quantitative estimate of drug-likeness (QED) is 0.848. The molecule has 1 aliphatic carbocycles. The molecule has 0 unspecified atom stereocenters. The van der Waals surface area contributed by atoms with Crippen molar-refractivity contribution in [2.45, 2.75) is 32.0 Å². The second kappa shape index (κ2) is 5.42. The van der Waals surface area contributed by atoms with Crippen molar-refractivity contribution in [1.82, 2.24) is 9.78 Å². The van der Waals surface area contributed by atoms with Crippen LogP contribution < -0.4 is 4.90 Å². The maximum absolute atomic E-state index is 12.8. The van der Waals surface area contributed by atoms with Gasteiger partial charge in [0.05, 0.1) is 5.69 Å². The van der Waals surface area contributed by atoms with Crippen LogP contribution in [0.4, 0.5) is 19.0 Å². The molecule has 21 heavy (non-hydrogen) atoms. The monoisotopic (exact) mass is 303 g/mol. The third kappa shape index (κ3) is 3.77. The van der Waals surface area contributed by atoms with Crippen molar-refractivity contribution in [2.24, 2.45) is 7.05 Å². The summed E-state index contributed by atoms with van der Waals surface area (Å²) in [7, 11) is 1.56. The minimum absolute atomic E-state index is 0.168. The molecule has 1 aromatic rings. The van der Waals surface area contributed by atoms with E-state index in [1.165, 1.54) is 15.7 Å². The Hall–Kier alpha value is -1.99. The van der Waals surface area contributed by atoms with Crippen molar-refractivity contribution < 1.29 is 23.1 Å². The number of aliphatic carboxylic acids is 1. The minimum Gasteiger partial charge on any atom is -0.478 e. The SMILES string of the molecule is Cc1nn(C)c(N(CC(F)(F)F)C2CC2)c1C=CC(=O)O. The first-order valence-electron chi connectivity index (χ1n) is 6.47. The van der Waals surface area contributed by atoms with Crippen molar-refractivity contribution >= 4 is 17.9 Å². The third-order valence-corrected chi connectivity index (χ3v) is 3.24. The van der Waals surface area contributed by atoms with E-state index in [-0.39, 0.29) is 6.04 Å². The highest BCUT2D eigenvalue weighted by Crippen LogP contribution is 2.37. The lowest BCUT2D eigenvalue weighted by molar-refractivity contribution is -0.131. The molecule has 0 atom stereocenters. The number of nitrogens with zero attached hydrogens (tertiary/aromatic N) is 3. The Balaban J connectivity index is 2.42. The lowest BCUT2D eigenvalue weighted by Crippen LogP contribution is -2.37. The smallest absolute Gasteiger partial charge is 0.405 e. The first-order chi connectivity index (χ1) is 9.69. The van der Waals surface area contributed by atoms with Gasteiger partial charge in [-0.2, -0.15) is 18.3 Å². The molecule has 1 fully saturated rings. The van der Waals surface area contributed by atoms with Crippen LogP contribution in [0.15, 0.2) is 6.08 Å². The molecule has 0 aliphatic heterocycles. The van der Waals surface area contributed by atoms with Gasteiger partial charge >= 0.3 is 12.1 Å². The van der Waals surface area contributed by atoms with E-state index in [2.05, 4.69) is 5.10 Å². The average molecular weight is 303 g/mol. The molecule has 0 bridgehead atoms. The van der Waals surface area contributed by atoms with Gasteiger partial charge in [-0.1, -0.05) is 0 Å². The van der Waals surface area contributed by atoms with Crippen molar-refractivity contribution in [3.8, 4) is 0 Å². The summed E-state index contributed by atoms with van der Waals surface area (Å²) >= 11 is 0. The van der Waals surface area contributed by atoms with Crippen LogP contribution in [0, 0.1) is 6.92 Å². The first kappa shape index (κ1) is 15.4. The minimum atomic E-state index is -4.32. The summed E-state index contributed by atoms with van der Waals surface area (Å²) in [6.45, 7) is 0.578. The predicted octanol–water partition coefficient (Wildman–Crippen LogP) is 2.36. The van der Waals surface area contributed by atoms with Crippen molar-refractivity contribution in [1.29, 1.82) is 0 Å².